The molecule has 2 heterocycles. The van der Waals surface area contributed by atoms with Crippen molar-refractivity contribution in [1.29, 1.82) is 0 Å². The van der Waals surface area contributed by atoms with E-state index in [1.807, 2.05) is 28.8 Å². The lowest BCUT2D eigenvalue weighted by Crippen LogP contribution is -2.42. The van der Waals surface area contributed by atoms with Crippen LogP contribution in [-0.4, -0.2) is 33.6 Å². The molecule has 0 amide bonds. The largest absolute Gasteiger partial charge is 0.354 e. The van der Waals surface area contributed by atoms with Crippen LogP contribution in [0, 0.1) is 0 Å². The van der Waals surface area contributed by atoms with Gasteiger partial charge >= 0.3 is 0 Å². The maximum Gasteiger partial charge on any atom is 0.191 e. The van der Waals surface area contributed by atoms with Crippen LogP contribution in [0.4, 0.5) is 0 Å². The highest BCUT2D eigenvalue weighted by Gasteiger charge is 2.08. The molecule has 0 saturated carbocycles. The van der Waals surface area contributed by atoms with E-state index in [1.54, 1.807) is 7.05 Å². The summed E-state index contributed by atoms with van der Waals surface area (Å²) in [5, 5.41) is 15.1. The van der Waals surface area contributed by atoms with Gasteiger partial charge in [0.05, 0.1) is 6.54 Å². The van der Waals surface area contributed by atoms with Gasteiger partial charge in [0, 0.05) is 19.3 Å². The van der Waals surface area contributed by atoms with Crippen molar-refractivity contribution >= 4 is 11.6 Å². The number of aromatic nitrogens is 3. The van der Waals surface area contributed by atoms with E-state index in [4.69, 9.17) is 0 Å². The Morgan fingerprint density at radius 1 is 1.26 bits per heavy atom. The molecule has 23 heavy (non-hydrogen) atoms. The minimum atomic E-state index is 0.410. The Kier molecular flexibility index (Phi) is 6.84. The van der Waals surface area contributed by atoms with E-state index < -0.39 is 0 Å². The maximum atomic E-state index is 4.29. The minimum Gasteiger partial charge on any atom is -0.354 e. The van der Waals surface area contributed by atoms with Crippen LogP contribution in [0.1, 0.15) is 51.8 Å². The van der Waals surface area contributed by atoms with Gasteiger partial charge in [-0.05, 0) is 25.5 Å². The zero-order valence-electron chi connectivity index (χ0n) is 14.4. The quantitative estimate of drug-likeness (QED) is 0.446. The van der Waals surface area contributed by atoms with Crippen LogP contribution in [0.25, 0.3) is 5.65 Å². The van der Waals surface area contributed by atoms with Crippen LogP contribution in [0.15, 0.2) is 29.4 Å². The molecule has 1 atom stereocenters. The lowest BCUT2D eigenvalue weighted by Gasteiger charge is -2.17. The Bertz CT molecular complexity index is 618. The van der Waals surface area contributed by atoms with E-state index in [0.717, 1.165) is 23.9 Å². The fourth-order valence-corrected chi connectivity index (χ4v) is 2.55. The lowest BCUT2D eigenvalue weighted by molar-refractivity contribution is 0.536. The average Bonchev–Trinajstić information content (AvgIpc) is 2.99. The Balaban J connectivity index is 1.81. The van der Waals surface area contributed by atoms with Crippen molar-refractivity contribution in [2.45, 2.75) is 58.5 Å². The molecule has 0 spiro atoms. The third-order valence-electron chi connectivity index (χ3n) is 3.90. The Morgan fingerprint density at radius 3 is 2.91 bits per heavy atom. The molecule has 0 aliphatic heterocycles. The number of nitrogens with one attached hydrogen (secondary N) is 2. The van der Waals surface area contributed by atoms with Crippen molar-refractivity contribution < 1.29 is 0 Å². The number of hydrogen-bond acceptors (Lipinski definition) is 3. The number of hydrogen-bond donors (Lipinski definition) is 2. The van der Waals surface area contributed by atoms with Gasteiger partial charge in [-0.25, -0.2) is 0 Å². The summed E-state index contributed by atoms with van der Waals surface area (Å²) in [6.07, 6.45) is 8.29. The van der Waals surface area contributed by atoms with Crippen LogP contribution >= 0.6 is 0 Å². The summed E-state index contributed by atoms with van der Waals surface area (Å²) < 4.78 is 1.98. The predicted octanol–water partition coefficient (Wildman–Crippen LogP) is 2.75. The maximum absolute atomic E-state index is 4.29. The SMILES string of the molecule is CCCCCCC(C)NC(=NC)NCc1nnc2ccccn12. The first-order chi connectivity index (χ1) is 11.2. The smallest absolute Gasteiger partial charge is 0.191 e. The second kappa shape index (κ2) is 9.12. The molecular formula is C17H28N6. The first-order valence-corrected chi connectivity index (χ1v) is 8.50. The molecule has 2 aromatic heterocycles. The first-order valence-electron chi connectivity index (χ1n) is 8.50. The van der Waals surface area contributed by atoms with Crippen LogP contribution in [-0.2, 0) is 6.54 Å². The van der Waals surface area contributed by atoms with Crippen molar-refractivity contribution in [2.75, 3.05) is 7.05 Å². The van der Waals surface area contributed by atoms with E-state index in [1.165, 1.54) is 25.7 Å². The van der Waals surface area contributed by atoms with Crippen molar-refractivity contribution in [1.82, 2.24) is 25.2 Å². The van der Waals surface area contributed by atoms with Gasteiger partial charge in [0.1, 0.15) is 0 Å². The monoisotopic (exact) mass is 316 g/mol. The number of unbranched alkanes of at least 4 members (excludes halogenated alkanes) is 3. The number of aliphatic imine (C=N–C) groups is 1. The number of fused-ring (bicyclic) bond motifs is 1. The zero-order chi connectivity index (χ0) is 16.5. The Hall–Kier alpha value is -2.11. The molecule has 0 aliphatic carbocycles. The molecule has 0 saturated heterocycles. The topological polar surface area (TPSA) is 66.6 Å². The summed E-state index contributed by atoms with van der Waals surface area (Å²) in [6.45, 7) is 5.03. The van der Waals surface area contributed by atoms with Gasteiger partial charge in [0.25, 0.3) is 0 Å². The number of nitrogens with zero attached hydrogens (tertiary/aromatic N) is 4. The van der Waals surface area contributed by atoms with Crippen molar-refractivity contribution in [3.8, 4) is 0 Å². The van der Waals surface area contributed by atoms with Gasteiger partial charge in [-0.1, -0.05) is 38.7 Å². The Labute approximate surface area is 138 Å². The van der Waals surface area contributed by atoms with E-state index >= 15 is 0 Å². The molecule has 6 heteroatoms. The molecule has 0 bridgehead atoms. The number of pyridine rings is 1. The fourth-order valence-electron chi connectivity index (χ4n) is 2.55. The summed E-state index contributed by atoms with van der Waals surface area (Å²) >= 11 is 0. The van der Waals surface area contributed by atoms with Gasteiger partial charge < -0.3 is 10.6 Å². The van der Waals surface area contributed by atoms with E-state index in [-0.39, 0.29) is 0 Å². The summed E-state index contributed by atoms with van der Waals surface area (Å²) in [4.78, 5) is 4.29. The lowest BCUT2D eigenvalue weighted by atomic mass is 10.1. The van der Waals surface area contributed by atoms with Gasteiger partial charge in [-0.3, -0.25) is 9.39 Å². The number of guanidine groups is 1. The van der Waals surface area contributed by atoms with E-state index in [9.17, 15) is 0 Å². The molecule has 2 N–H and O–H groups in total. The molecule has 2 aromatic rings. The fraction of sp³-hybridized carbons (Fsp3) is 0.588. The van der Waals surface area contributed by atoms with Gasteiger partial charge in [-0.2, -0.15) is 0 Å². The number of rotatable bonds is 8. The summed E-state index contributed by atoms with van der Waals surface area (Å²) in [5.41, 5.74) is 0.858. The average molecular weight is 316 g/mol. The van der Waals surface area contributed by atoms with Crippen LogP contribution in [0.2, 0.25) is 0 Å². The molecule has 126 valence electrons. The van der Waals surface area contributed by atoms with Crippen LogP contribution in [0.5, 0.6) is 0 Å². The zero-order valence-corrected chi connectivity index (χ0v) is 14.4. The van der Waals surface area contributed by atoms with E-state index in [2.05, 4.69) is 39.7 Å². The standard InChI is InChI=1S/C17H28N6/c1-4-5-6-7-10-14(2)20-17(18-3)19-13-16-22-21-15-11-8-9-12-23(15)16/h8-9,11-12,14H,4-7,10,13H2,1-3H3,(H2,18,19,20). The van der Waals surface area contributed by atoms with Crippen molar-refractivity contribution in [3.63, 3.8) is 0 Å². The van der Waals surface area contributed by atoms with Gasteiger partial charge in [0.2, 0.25) is 0 Å². The highest BCUT2D eigenvalue weighted by atomic mass is 15.3. The summed E-state index contributed by atoms with van der Waals surface area (Å²) in [7, 11) is 1.79. The molecule has 2 rings (SSSR count). The predicted molar refractivity (Wildman–Crippen MR) is 94.5 cm³/mol. The van der Waals surface area contributed by atoms with Crippen molar-refractivity contribution in [2.24, 2.45) is 4.99 Å². The van der Waals surface area contributed by atoms with Gasteiger partial charge in [0.15, 0.2) is 17.4 Å². The van der Waals surface area contributed by atoms with Gasteiger partial charge in [-0.15, -0.1) is 10.2 Å². The molecular weight excluding hydrogens is 288 g/mol. The highest BCUT2D eigenvalue weighted by Crippen LogP contribution is 2.05. The molecule has 1 unspecified atom stereocenters. The summed E-state index contributed by atoms with van der Waals surface area (Å²) in [5.74, 6) is 1.68. The third-order valence-corrected chi connectivity index (χ3v) is 3.90. The highest BCUT2D eigenvalue weighted by molar-refractivity contribution is 5.79. The van der Waals surface area contributed by atoms with Crippen LogP contribution < -0.4 is 10.6 Å². The molecule has 0 fully saturated rings. The van der Waals surface area contributed by atoms with Crippen LogP contribution in [0.3, 0.4) is 0 Å². The summed E-state index contributed by atoms with van der Waals surface area (Å²) in [6, 6.07) is 6.29. The molecule has 6 nitrogen and oxygen atoms in total. The normalized spacial score (nSPS) is 13.3. The first kappa shape index (κ1) is 17.2. The second-order valence-electron chi connectivity index (χ2n) is 5.87. The van der Waals surface area contributed by atoms with Crippen molar-refractivity contribution in [3.05, 3.63) is 30.2 Å². The van der Waals surface area contributed by atoms with E-state index in [0.29, 0.717) is 12.6 Å². The Morgan fingerprint density at radius 2 is 2.13 bits per heavy atom. The molecule has 0 radical (unpaired) electrons. The molecule has 0 aromatic carbocycles. The molecule has 0 aliphatic rings. The third kappa shape index (κ3) is 5.23. The second-order valence-corrected chi connectivity index (χ2v) is 5.87. The minimum absolute atomic E-state index is 0.410.